The number of anilines is 2. The Bertz CT molecular complexity index is 337. The second-order valence-electron chi connectivity index (χ2n) is 4.75. The summed E-state index contributed by atoms with van der Waals surface area (Å²) in [6.45, 7) is 6.66. The number of nitrogens with two attached hydrogens (primary N) is 1. The van der Waals surface area contributed by atoms with E-state index >= 15 is 0 Å². The lowest BCUT2D eigenvalue weighted by Crippen LogP contribution is -2.16. The highest BCUT2D eigenvalue weighted by Gasteiger charge is 2.06. The molecular formula is C13H21ClN2. The second kappa shape index (κ2) is 6.00. The van der Waals surface area contributed by atoms with Crippen LogP contribution in [0, 0.1) is 5.92 Å². The minimum atomic E-state index is 0.436. The summed E-state index contributed by atoms with van der Waals surface area (Å²) in [5.41, 5.74) is 7.56. The highest BCUT2D eigenvalue weighted by Crippen LogP contribution is 2.24. The molecular weight excluding hydrogens is 220 g/mol. The number of halogens is 1. The first-order valence-electron chi connectivity index (χ1n) is 5.80. The van der Waals surface area contributed by atoms with Crippen LogP contribution in [0.5, 0.6) is 0 Å². The molecule has 0 heterocycles. The average Bonchev–Trinajstić information content (AvgIpc) is 2.19. The molecule has 0 saturated heterocycles. The van der Waals surface area contributed by atoms with E-state index in [-0.39, 0.29) is 0 Å². The van der Waals surface area contributed by atoms with Crippen molar-refractivity contribution in [1.82, 2.24) is 0 Å². The van der Waals surface area contributed by atoms with Gasteiger partial charge in [0.25, 0.3) is 0 Å². The number of hydrogen-bond donors (Lipinski definition) is 2. The molecule has 1 aromatic rings. The molecule has 1 aromatic carbocycles. The first-order valence-corrected chi connectivity index (χ1v) is 6.18. The summed E-state index contributed by atoms with van der Waals surface area (Å²) < 4.78 is 0. The van der Waals surface area contributed by atoms with Crippen molar-refractivity contribution in [1.29, 1.82) is 0 Å². The second-order valence-corrected chi connectivity index (χ2v) is 5.18. The Hall–Kier alpha value is -0.890. The summed E-state index contributed by atoms with van der Waals surface area (Å²) in [6, 6.07) is 6.00. The fourth-order valence-corrected chi connectivity index (χ4v) is 1.77. The molecule has 3 heteroatoms. The maximum Gasteiger partial charge on any atom is 0.0577 e. The van der Waals surface area contributed by atoms with Gasteiger partial charge in [-0.15, -0.1) is 0 Å². The number of rotatable bonds is 5. The van der Waals surface area contributed by atoms with Crippen molar-refractivity contribution in [2.45, 2.75) is 39.7 Å². The SMILES string of the molecule is CC(C)CCC(C)Nc1ccc(Cl)cc1N. The molecule has 0 aliphatic heterocycles. The Morgan fingerprint density at radius 1 is 1.25 bits per heavy atom. The lowest BCUT2D eigenvalue weighted by atomic mass is 10.0. The molecule has 0 fully saturated rings. The number of nitrogen functional groups attached to an aromatic ring is 1. The van der Waals surface area contributed by atoms with Gasteiger partial charge in [0.2, 0.25) is 0 Å². The first-order chi connectivity index (χ1) is 7.49. The lowest BCUT2D eigenvalue weighted by Gasteiger charge is -2.17. The summed E-state index contributed by atoms with van der Waals surface area (Å²) in [5.74, 6) is 0.742. The zero-order chi connectivity index (χ0) is 12.1. The van der Waals surface area contributed by atoms with Crippen LogP contribution in [0.15, 0.2) is 18.2 Å². The summed E-state index contributed by atoms with van der Waals surface area (Å²) in [6.07, 6.45) is 2.38. The van der Waals surface area contributed by atoms with Gasteiger partial charge in [-0.3, -0.25) is 0 Å². The van der Waals surface area contributed by atoms with Gasteiger partial charge in [-0.1, -0.05) is 25.4 Å². The highest BCUT2D eigenvalue weighted by atomic mass is 35.5. The van der Waals surface area contributed by atoms with Gasteiger partial charge in [0.05, 0.1) is 11.4 Å². The third-order valence-electron chi connectivity index (χ3n) is 2.59. The molecule has 0 aliphatic rings. The summed E-state index contributed by atoms with van der Waals surface area (Å²) in [5, 5.41) is 4.09. The Morgan fingerprint density at radius 3 is 2.50 bits per heavy atom. The predicted molar refractivity (Wildman–Crippen MR) is 73.0 cm³/mol. The van der Waals surface area contributed by atoms with E-state index in [0.29, 0.717) is 16.8 Å². The number of nitrogens with one attached hydrogen (secondary N) is 1. The first kappa shape index (κ1) is 13.2. The van der Waals surface area contributed by atoms with Gasteiger partial charge >= 0.3 is 0 Å². The summed E-state index contributed by atoms with van der Waals surface area (Å²) >= 11 is 5.85. The van der Waals surface area contributed by atoms with Crippen molar-refractivity contribution in [2.24, 2.45) is 5.92 Å². The maximum atomic E-state index is 5.88. The van der Waals surface area contributed by atoms with Crippen LogP contribution in [-0.2, 0) is 0 Å². The normalized spacial score (nSPS) is 12.8. The van der Waals surface area contributed by atoms with Gasteiger partial charge in [-0.2, -0.15) is 0 Å². The van der Waals surface area contributed by atoms with Crippen LogP contribution < -0.4 is 11.1 Å². The van der Waals surface area contributed by atoms with Gasteiger partial charge in [-0.25, -0.2) is 0 Å². The number of hydrogen-bond acceptors (Lipinski definition) is 2. The Kier molecular flexibility index (Phi) is 4.94. The zero-order valence-corrected chi connectivity index (χ0v) is 11.0. The predicted octanol–water partition coefficient (Wildman–Crippen LogP) is 4.16. The Labute approximate surface area is 103 Å². The average molecular weight is 241 g/mol. The molecule has 16 heavy (non-hydrogen) atoms. The minimum absolute atomic E-state index is 0.436. The fourth-order valence-electron chi connectivity index (χ4n) is 1.59. The van der Waals surface area contributed by atoms with Crippen LogP contribution >= 0.6 is 11.6 Å². The van der Waals surface area contributed by atoms with Crippen molar-refractivity contribution in [3.8, 4) is 0 Å². The van der Waals surface area contributed by atoms with E-state index in [1.807, 2.05) is 12.1 Å². The Balaban J connectivity index is 2.52. The van der Waals surface area contributed by atoms with E-state index < -0.39 is 0 Å². The number of benzene rings is 1. The van der Waals surface area contributed by atoms with Crippen molar-refractivity contribution in [3.63, 3.8) is 0 Å². The van der Waals surface area contributed by atoms with E-state index in [9.17, 15) is 0 Å². The van der Waals surface area contributed by atoms with E-state index in [4.69, 9.17) is 17.3 Å². The molecule has 0 amide bonds. The molecule has 1 unspecified atom stereocenters. The van der Waals surface area contributed by atoms with E-state index in [1.54, 1.807) is 6.07 Å². The van der Waals surface area contributed by atoms with E-state index in [2.05, 4.69) is 26.1 Å². The van der Waals surface area contributed by atoms with Crippen LogP contribution in [0.3, 0.4) is 0 Å². The van der Waals surface area contributed by atoms with Crippen LogP contribution in [0.1, 0.15) is 33.6 Å². The highest BCUT2D eigenvalue weighted by molar-refractivity contribution is 6.31. The van der Waals surface area contributed by atoms with Gasteiger partial charge < -0.3 is 11.1 Å². The molecule has 90 valence electrons. The van der Waals surface area contributed by atoms with Crippen LogP contribution in [0.4, 0.5) is 11.4 Å². The third kappa shape index (κ3) is 4.31. The standard InChI is InChI=1S/C13H21ClN2/c1-9(2)4-5-10(3)16-13-7-6-11(14)8-12(13)15/h6-10,16H,4-5,15H2,1-3H3. The van der Waals surface area contributed by atoms with Crippen molar-refractivity contribution in [3.05, 3.63) is 23.2 Å². The van der Waals surface area contributed by atoms with E-state index in [1.165, 1.54) is 6.42 Å². The smallest absolute Gasteiger partial charge is 0.0577 e. The fraction of sp³-hybridized carbons (Fsp3) is 0.538. The molecule has 0 radical (unpaired) electrons. The summed E-state index contributed by atoms with van der Waals surface area (Å²) in [4.78, 5) is 0. The molecule has 3 N–H and O–H groups in total. The van der Waals surface area contributed by atoms with Crippen molar-refractivity contribution in [2.75, 3.05) is 11.1 Å². The Morgan fingerprint density at radius 2 is 1.94 bits per heavy atom. The zero-order valence-electron chi connectivity index (χ0n) is 10.3. The molecule has 0 saturated carbocycles. The monoisotopic (exact) mass is 240 g/mol. The van der Waals surface area contributed by atoms with Gasteiger partial charge in [0.15, 0.2) is 0 Å². The van der Waals surface area contributed by atoms with Crippen molar-refractivity contribution >= 4 is 23.0 Å². The molecule has 1 rings (SSSR count). The van der Waals surface area contributed by atoms with Gasteiger partial charge in [0, 0.05) is 11.1 Å². The van der Waals surface area contributed by atoms with Crippen LogP contribution in [-0.4, -0.2) is 6.04 Å². The largest absolute Gasteiger partial charge is 0.397 e. The van der Waals surface area contributed by atoms with Crippen LogP contribution in [0.2, 0.25) is 5.02 Å². The molecule has 2 nitrogen and oxygen atoms in total. The maximum absolute atomic E-state index is 5.88. The molecule has 1 atom stereocenters. The topological polar surface area (TPSA) is 38.0 Å². The summed E-state index contributed by atoms with van der Waals surface area (Å²) in [7, 11) is 0. The molecule has 0 bridgehead atoms. The molecule has 0 spiro atoms. The van der Waals surface area contributed by atoms with E-state index in [0.717, 1.165) is 18.0 Å². The van der Waals surface area contributed by atoms with Crippen molar-refractivity contribution < 1.29 is 0 Å². The van der Waals surface area contributed by atoms with Gasteiger partial charge in [0.1, 0.15) is 0 Å². The minimum Gasteiger partial charge on any atom is -0.397 e. The lowest BCUT2D eigenvalue weighted by molar-refractivity contribution is 0.528. The molecule has 0 aromatic heterocycles. The third-order valence-corrected chi connectivity index (χ3v) is 2.83. The molecule has 0 aliphatic carbocycles. The quantitative estimate of drug-likeness (QED) is 0.759. The van der Waals surface area contributed by atoms with Gasteiger partial charge in [-0.05, 0) is 43.9 Å². The van der Waals surface area contributed by atoms with Crippen LogP contribution in [0.25, 0.3) is 0 Å².